The normalized spacial score (nSPS) is 21.7. The molecular weight excluding hydrogens is 298 g/mol. The number of aromatic nitrogens is 1. The Morgan fingerprint density at radius 2 is 2.00 bits per heavy atom. The maximum absolute atomic E-state index is 4.38. The first-order valence-electron chi connectivity index (χ1n) is 9.09. The van der Waals surface area contributed by atoms with Crippen LogP contribution in [0.4, 0.5) is 5.82 Å². The van der Waals surface area contributed by atoms with Gasteiger partial charge in [-0.05, 0) is 55.2 Å². The smallest absolute Gasteiger partial charge is 0.191 e. The molecule has 2 N–H and O–H groups in total. The molecule has 1 aliphatic rings. The molecule has 1 saturated carbocycles. The van der Waals surface area contributed by atoms with E-state index in [0.717, 1.165) is 30.2 Å². The molecule has 1 heterocycles. The Morgan fingerprint density at radius 3 is 2.58 bits per heavy atom. The van der Waals surface area contributed by atoms with E-state index >= 15 is 0 Å². The van der Waals surface area contributed by atoms with E-state index in [2.05, 4.69) is 40.5 Å². The number of hydrogen-bond donors (Lipinski definition) is 2. The standard InChI is InChI=1S/C19H33N5/c1-14(2)16-6-8-17(9-7-16)23-19(20-3)22-13-15-10-11-21-18(12-15)24(4)5/h10-12,14,16-17H,6-9,13H2,1-5H3,(H2,20,22,23). The molecule has 0 aromatic carbocycles. The second kappa shape index (κ2) is 8.90. The van der Waals surface area contributed by atoms with Crippen LogP contribution in [0.2, 0.25) is 0 Å². The molecule has 0 atom stereocenters. The molecule has 1 aliphatic carbocycles. The van der Waals surface area contributed by atoms with E-state index in [0.29, 0.717) is 6.04 Å². The highest BCUT2D eigenvalue weighted by Gasteiger charge is 2.23. The molecule has 0 unspecified atom stereocenters. The van der Waals surface area contributed by atoms with E-state index in [1.165, 1.54) is 31.2 Å². The molecule has 0 saturated heterocycles. The fourth-order valence-electron chi connectivity index (χ4n) is 3.32. The Balaban J connectivity index is 1.82. The maximum atomic E-state index is 4.38. The van der Waals surface area contributed by atoms with Crippen LogP contribution in [0.15, 0.2) is 23.3 Å². The summed E-state index contributed by atoms with van der Waals surface area (Å²) in [4.78, 5) is 10.7. The van der Waals surface area contributed by atoms with Gasteiger partial charge in [0, 0.05) is 39.9 Å². The average molecular weight is 332 g/mol. The molecule has 1 fully saturated rings. The van der Waals surface area contributed by atoms with E-state index < -0.39 is 0 Å². The van der Waals surface area contributed by atoms with Crippen molar-refractivity contribution in [3.05, 3.63) is 23.9 Å². The van der Waals surface area contributed by atoms with Gasteiger partial charge >= 0.3 is 0 Å². The molecule has 0 aliphatic heterocycles. The lowest BCUT2D eigenvalue weighted by atomic mass is 9.80. The van der Waals surface area contributed by atoms with Gasteiger partial charge in [0.1, 0.15) is 5.82 Å². The lowest BCUT2D eigenvalue weighted by Gasteiger charge is -2.32. The second-order valence-corrected chi connectivity index (χ2v) is 7.34. The molecule has 0 spiro atoms. The highest BCUT2D eigenvalue weighted by atomic mass is 15.2. The molecule has 5 heteroatoms. The number of hydrogen-bond acceptors (Lipinski definition) is 3. The lowest BCUT2D eigenvalue weighted by molar-refractivity contribution is 0.250. The summed E-state index contributed by atoms with van der Waals surface area (Å²) < 4.78 is 0. The van der Waals surface area contributed by atoms with E-state index in [4.69, 9.17) is 0 Å². The van der Waals surface area contributed by atoms with Crippen molar-refractivity contribution in [3.8, 4) is 0 Å². The molecule has 0 amide bonds. The molecule has 24 heavy (non-hydrogen) atoms. The van der Waals surface area contributed by atoms with Crippen molar-refractivity contribution < 1.29 is 0 Å². The first kappa shape index (κ1) is 18.6. The predicted octanol–water partition coefficient (Wildman–Crippen LogP) is 3.03. The second-order valence-electron chi connectivity index (χ2n) is 7.34. The molecule has 5 nitrogen and oxygen atoms in total. The molecule has 134 valence electrons. The van der Waals surface area contributed by atoms with Gasteiger partial charge in [0.15, 0.2) is 5.96 Å². The maximum Gasteiger partial charge on any atom is 0.191 e. The van der Waals surface area contributed by atoms with Crippen molar-refractivity contribution >= 4 is 11.8 Å². The third-order valence-electron chi connectivity index (χ3n) is 5.01. The fraction of sp³-hybridized carbons (Fsp3) is 0.684. The van der Waals surface area contributed by atoms with E-state index in [-0.39, 0.29) is 0 Å². The number of anilines is 1. The van der Waals surface area contributed by atoms with Gasteiger partial charge in [-0.1, -0.05) is 13.8 Å². The van der Waals surface area contributed by atoms with Crippen LogP contribution in [0, 0.1) is 11.8 Å². The van der Waals surface area contributed by atoms with Crippen molar-refractivity contribution in [1.82, 2.24) is 15.6 Å². The largest absolute Gasteiger partial charge is 0.363 e. The quantitative estimate of drug-likeness (QED) is 0.643. The van der Waals surface area contributed by atoms with E-state index in [1.54, 1.807) is 0 Å². The third kappa shape index (κ3) is 5.39. The highest BCUT2D eigenvalue weighted by Crippen LogP contribution is 2.29. The molecule has 0 bridgehead atoms. The molecule has 2 rings (SSSR count). The van der Waals surface area contributed by atoms with Gasteiger partial charge in [0.05, 0.1) is 0 Å². The van der Waals surface area contributed by atoms with Crippen molar-refractivity contribution in [3.63, 3.8) is 0 Å². The zero-order valence-corrected chi connectivity index (χ0v) is 15.8. The summed E-state index contributed by atoms with van der Waals surface area (Å²) in [6, 6.07) is 4.69. The average Bonchev–Trinajstić information content (AvgIpc) is 2.59. The van der Waals surface area contributed by atoms with Crippen LogP contribution in [0.3, 0.4) is 0 Å². The SMILES string of the molecule is CN=C(NCc1ccnc(N(C)C)c1)NC1CCC(C(C)C)CC1. The van der Waals surface area contributed by atoms with Crippen LogP contribution in [0.25, 0.3) is 0 Å². The molecule has 0 radical (unpaired) electrons. The zero-order valence-electron chi connectivity index (χ0n) is 15.8. The van der Waals surface area contributed by atoms with Gasteiger partial charge in [-0.3, -0.25) is 4.99 Å². The summed E-state index contributed by atoms with van der Waals surface area (Å²) in [7, 11) is 5.86. The van der Waals surface area contributed by atoms with E-state index in [1.807, 2.05) is 38.3 Å². The monoisotopic (exact) mass is 331 g/mol. The minimum atomic E-state index is 0.543. The van der Waals surface area contributed by atoms with Crippen LogP contribution in [0.5, 0.6) is 0 Å². The molecule has 1 aromatic heterocycles. The summed E-state index contributed by atoms with van der Waals surface area (Å²) in [5, 5.41) is 7.01. The van der Waals surface area contributed by atoms with Gasteiger partial charge in [-0.15, -0.1) is 0 Å². The van der Waals surface area contributed by atoms with Crippen LogP contribution >= 0.6 is 0 Å². The van der Waals surface area contributed by atoms with Crippen LogP contribution in [-0.2, 0) is 6.54 Å². The van der Waals surface area contributed by atoms with Crippen molar-refractivity contribution in [1.29, 1.82) is 0 Å². The lowest BCUT2D eigenvalue weighted by Crippen LogP contribution is -2.44. The molecular formula is C19H33N5. The van der Waals surface area contributed by atoms with Crippen LogP contribution in [-0.4, -0.2) is 38.1 Å². The summed E-state index contributed by atoms with van der Waals surface area (Å²) in [6.45, 7) is 5.44. The van der Waals surface area contributed by atoms with Crippen LogP contribution in [0.1, 0.15) is 45.1 Å². The van der Waals surface area contributed by atoms with Crippen LogP contribution < -0.4 is 15.5 Å². The van der Waals surface area contributed by atoms with Gasteiger partial charge in [0.25, 0.3) is 0 Å². The van der Waals surface area contributed by atoms with Gasteiger partial charge in [0.2, 0.25) is 0 Å². The topological polar surface area (TPSA) is 52.6 Å². The number of pyridine rings is 1. The highest BCUT2D eigenvalue weighted by molar-refractivity contribution is 5.79. The number of guanidine groups is 1. The Kier molecular flexibility index (Phi) is 6.88. The third-order valence-corrected chi connectivity index (χ3v) is 5.01. The number of nitrogens with one attached hydrogen (secondary N) is 2. The Labute approximate surface area is 147 Å². The number of nitrogens with zero attached hydrogens (tertiary/aromatic N) is 3. The summed E-state index contributed by atoms with van der Waals surface area (Å²) in [6.07, 6.45) is 6.98. The van der Waals surface area contributed by atoms with Crippen molar-refractivity contribution in [2.75, 3.05) is 26.0 Å². The van der Waals surface area contributed by atoms with Crippen molar-refractivity contribution in [2.45, 2.75) is 52.1 Å². The summed E-state index contributed by atoms with van der Waals surface area (Å²) in [5.74, 6) is 3.57. The zero-order chi connectivity index (χ0) is 17.5. The van der Waals surface area contributed by atoms with Gasteiger partial charge in [-0.25, -0.2) is 4.98 Å². The van der Waals surface area contributed by atoms with Crippen molar-refractivity contribution in [2.24, 2.45) is 16.8 Å². The molecule has 1 aromatic rings. The first-order valence-corrected chi connectivity index (χ1v) is 9.09. The number of rotatable bonds is 5. The van der Waals surface area contributed by atoms with E-state index in [9.17, 15) is 0 Å². The predicted molar refractivity (Wildman–Crippen MR) is 102 cm³/mol. The number of aliphatic imine (C=N–C) groups is 1. The Morgan fingerprint density at radius 1 is 1.29 bits per heavy atom. The van der Waals surface area contributed by atoms with Gasteiger partial charge < -0.3 is 15.5 Å². The summed E-state index contributed by atoms with van der Waals surface area (Å²) in [5.41, 5.74) is 1.21. The fourth-order valence-corrected chi connectivity index (χ4v) is 3.32. The summed E-state index contributed by atoms with van der Waals surface area (Å²) >= 11 is 0. The van der Waals surface area contributed by atoms with Gasteiger partial charge in [-0.2, -0.15) is 0 Å². The minimum absolute atomic E-state index is 0.543. The first-order chi connectivity index (χ1) is 11.5. The Hall–Kier alpha value is -1.78. The minimum Gasteiger partial charge on any atom is -0.363 e. The Bertz CT molecular complexity index is 530.